The van der Waals surface area contributed by atoms with Crippen molar-refractivity contribution in [2.75, 3.05) is 16.8 Å². The number of nitrogens with zero attached hydrogens (tertiary/aromatic N) is 2. The number of hydrogen-bond donors (Lipinski definition) is 2. The molecular weight excluding hydrogens is 320 g/mol. The lowest BCUT2D eigenvalue weighted by Gasteiger charge is -2.17. The van der Waals surface area contributed by atoms with Crippen molar-refractivity contribution in [1.29, 1.82) is 0 Å². The molecule has 3 amide bonds. The molecule has 2 aromatic rings. The van der Waals surface area contributed by atoms with Gasteiger partial charge in [0.05, 0.1) is 6.04 Å². The van der Waals surface area contributed by atoms with Gasteiger partial charge in [0.1, 0.15) is 5.76 Å². The Morgan fingerprint density at radius 2 is 2.13 bits per heavy atom. The van der Waals surface area contributed by atoms with Gasteiger partial charge in [-0.2, -0.15) is 0 Å². The average molecular weight is 335 g/mol. The van der Waals surface area contributed by atoms with Gasteiger partial charge in [-0.3, -0.25) is 10.1 Å². The summed E-state index contributed by atoms with van der Waals surface area (Å²) in [7, 11) is 0. The molecule has 7 nitrogen and oxygen atoms in total. The molecule has 1 fully saturated rings. The highest BCUT2D eigenvalue weighted by molar-refractivity contribution is 6.30. The summed E-state index contributed by atoms with van der Waals surface area (Å²) in [6.45, 7) is 2.14. The Bertz CT molecular complexity index is 729. The monoisotopic (exact) mass is 334 g/mol. The predicted molar refractivity (Wildman–Crippen MR) is 85.6 cm³/mol. The molecule has 1 aromatic carbocycles. The van der Waals surface area contributed by atoms with Gasteiger partial charge in [-0.1, -0.05) is 16.8 Å². The summed E-state index contributed by atoms with van der Waals surface area (Å²) in [5.41, 5.74) is 0.760. The van der Waals surface area contributed by atoms with Gasteiger partial charge < -0.3 is 14.7 Å². The lowest BCUT2D eigenvalue weighted by molar-refractivity contribution is -0.117. The quantitative estimate of drug-likeness (QED) is 0.903. The molecule has 1 atom stereocenters. The number of urea groups is 1. The van der Waals surface area contributed by atoms with Crippen LogP contribution in [0.25, 0.3) is 0 Å². The lowest BCUT2D eigenvalue weighted by atomic mass is 10.2. The lowest BCUT2D eigenvalue weighted by Crippen LogP contribution is -2.39. The van der Waals surface area contributed by atoms with Crippen LogP contribution in [0.3, 0.4) is 0 Å². The van der Waals surface area contributed by atoms with Gasteiger partial charge in [0.2, 0.25) is 5.91 Å². The first-order chi connectivity index (χ1) is 11.0. The largest absolute Gasteiger partial charge is 0.360 e. The van der Waals surface area contributed by atoms with E-state index in [1.165, 1.54) is 0 Å². The molecule has 0 saturated carbocycles. The van der Waals surface area contributed by atoms with Gasteiger partial charge in [0.15, 0.2) is 5.82 Å². The minimum absolute atomic E-state index is 0.0464. The van der Waals surface area contributed by atoms with Gasteiger partial charge in [-0.15, -0.1) is 0 Å². The third-order valence-electron chi connectivity index (χ3n) is 3.47. The van der Waals surface area contributed by atoms with Crippen LogP contribution in [0.2, 0.25) is 5.02 Å². The van der Waals surface area contributed by atoms with Crippen LogP contribution >= 0.6 is 11.6 Å². The van der Waals surface area contributed by atoms with Crippen molar-refractivity contribution in [3.63, 3.8) is 0 Å². The summed E-state index contributed by atoms with van der Waals surface area (Å²) < 4.78 is 4.87. The molecule has 1 aromatic heterocycles. The van der Waals surface area contributed by atoms with Crippen molar-refractivity contribution in [2.45, 2.75) is 19.4 Å². The van der Waals surface area contributed by atoms with Crippen molar-refractivity contribution >= 4 is 35.0 Å². The third kappa shape index (κ3) is 3.62. The van der Waals surface area contributed by atoms with E-state index in [0.717, 1.165) is 5.69 Å². The number of carbonyl (C=O) groups excluding carboxylic acids is 2. The number of benzene rings is 1. The molecule has 1 unspecified atom stereocenters. The van der Waals surface area contributed by atoms with E-state index >= 15 is 0 Å². The molecular formula is C15H15ClN4O3. The van der Waals surface area contributed by atoms with Crippen LogP contribution in [0.5, 0.6) is 0 Å². The van der Waals surface area contributed by atoms with Crippen LogP contribution in [0.1, 0.15) is 12.2 Å². The molecule has 0 bridgehead atoms. The van der Waals surface area contributed by atoms with Crippen LogP contribution in [0.4, 0.5) is 16.3 Å². The van der Waals surface area contributed by atoms with Gasteiger partial charge in [0.25, 0.3) is 0 Å². The first-order valence-corrected chi connectivity index (χ1v) is 7.46. The highest BCUT2D eigenvalue weighted by Crippen LogP contribution is 2.23. The summed E-state index contributed by atoms with van der Waals surface area (Å²) in [6.07, 6.45) is 0.244. The maximum atomic E-state index is 12.1. The summed E-state index contributed by atoms with van der Waals surface area (Å²) in [5.74, 6) is 0.888. The number of aryl methyl sites for hydroxylation is 1. The summed E-state index contributed by atoms with van der Waals surface area (Å²) in [6, 6.07) is 7.93. The van der Waals surface area contributed by atoms with Crippen molar-refractivity contribution in [3.8, 4) is 0 Å². The number of hydrogen-bond acceptors (Lipinski definition) is 4. The number of amides is 3. The van der Waals surface area contributed by atoms with E-state index in [1.54, 1.807) is 42.2 Å². The second-order valence-electron chi connectivity index (χ2n) is 5.30. The average Bonchev–Trinajstić information content (AvgIpc) is 3.06. The molecule has 2 heterocycles. The zero-order valence-corrected chi connectivity index (χ0v) is 13.1. The van der Waals surface area contributed by atoms with Crippen molar-refractivity contribution in [3.05, 3.63) is 41.1 Å². The van der Waals surface area contributed by atoms with Crippen molar-refractivity contribution < 1.29 is 14.1 Å². The number of rotatable bonds is 3. The topological polar surface area (TPSA) is 87.5 Å². The molecule has 1 aliphatic heterocycles. The number of anilines is 2. The fourth-order valence-corrected chi connectivity index (χ4v) is 2.56. The first kappa shape index (κ1) is 15.4. The molecule has 23 heavy (non-hydrogen) atoms. The van der Waals surface area contributed by atoms with Crippen LogP contribution in [0, 0.1) is 6.92 Å². The Kier molecular flexibility index (Phi) is 4.20. The highest BCUT2D eigenvalue weighted by Gasteiger charge is 2.31. The van der Waals surface area contributed by atoms with E-state index in [9.17, 15) is 9.59 Å². The summed E-state index contributed by atoms with van der Waals surface area (Å²) >= 11 is 5.85. The maximum absolute atomic E-state index is 12.1. The van der Waals surface area contributed by atoms with E-state index in [2.05, 4.69) is 15.8 Å². The van der Waals surface area contributed by atoms with E-state index in [0.29, 0.717) is 23.1 Å². The van der Waals surface area contributed by atoms with Gasteiger partial charge in [-0.05, 0) is 31.2 Å². The SMILES string of the molecule is Cc1cc(NC(=O)NC2CC(=O)N(c3ccc(Cl)cc3)C2)no1. The number of nitrogens with one attached hydrogen (secondary N) is 2. The van der Waals surface area contributed by atoms with Crippen LogP contribution in [0.15, 0.2) is 34.9 Å². The molecule has 3 rings (SSSR count). The first-order valence-electron chi connectivity index (χ1n) is 7.08. The number of aromatic nitrogens is 1. The zero-order chi connectivity index (χ0) is 16.4. The van der Waals surface area contributed by atoms with E-state index < -0.39 is 6.03 Å². The van der Waals surface area contributed by atoms with Gasteiger partial charge >= 0.3 is 6.03 Å². The molecule has 1 aliphatic rings. The number of carbonyl (C=O) groups is 2. The number of halogens is 1. The Labute approximate surface area is 137 Å². The minimum atomic E-state index is -0.422. The van der Waals surface area contributed by atoms with Crippen molar-refractivity contribution in [1.82, 2.24) is 10.5 Å². The zero-order valence-electron chi connectivity index (χ0n) is 12.4. The maximum Gasteiger partial charge on any atom is 0.320 e. The highest BCUT2D eigenvalue weighted by atomic mass is 35.5. The van der Waals surface area contributed by atoms with Crippen LogP contribution < -0.4 is 15.5 Å². The fourth-order valence-electron chi connectivity index (χ4n) is 2.44. The van der Waals surface area contributed by atoms with Gasteiger partial charge in [-0.25, -0.2) is 4.79 Å². The minimum Gasteiger partial charge on any atom is -0.360 e. The van der Waals surface area contributed by atoms with Gasteiger partial charge in [0, 0.05) is 29.7 Å². The second-order valence-corrected chi connectivity index (χ2v) is 5.74. The van der Waals surface area contributed by atoms with E-state index in [-0.39, 0.29) is 18.4 Å². The fraction of sp³-hybridized carbons (Fsp3) is 0.267. The Hall–Kier alpha value is -2.54. The van der Waals surface area contributed by atoms with E-state index in [1.807, 2.05) is 0 Å². The third-order valence-corrected chi connectivity index (χ3v) is 3.72. The molecule has 0 aliphatic carbocycles. The van der Waals surface area contributed by atoms with Crippen molar-refractivity contribution in [2.24, 2.45) is 0 Å². The predicted octanol–water partition coefficient (Wildman–Crippen LogP) is 2.56. The standard InChI is InChI=1S/C15H15ClN4O3/c1-9-6-13(19-23-9)18-15(22)17-11-7-14(21)20(8-11)12-4-2-10(16)3-5-12/h2-6,11H,7-8H2,1H3,(H2,17,18,19,22). The Balaban J connectivity index is 1.59. The summed E-state index contributed by atoms with van der Waals surface area (Å²) in [5, 5.41) is 9.61. The molecule has 0 radical (unpaired) electrons. The smallest absolute Gasteiger partial charge is 0.320 e. The molecule has 120 valence electrons. The Morgan fingerprint density at radius 1 is 1.39 bits per heavy atom. The van der Waals surface area contributed by atoms with Crippen LogP contribution in [-0.4, -0.2) is 29.7 Å². The van der Waals surface area contributed by atoms with Crippen LogP contribution in [-0.2, 0) is 4.79 Å². The van der Waals surface area contributed by atoms with E-state index in [4.69, 9.17) is 16.1 Å². The second kappa shape index (κ2) is 6.29. The molecule has 1 saturated heterocycles. The molecule has 8 heteroatoms. The normalized spacial score (nSPS) is 17.4. The Morgan fingerprint density at radius 3 is 2.78 bits per heavy atom. The summed E-state index contributed by atoms with van der Waals surface area (Å²) in [4.78, 5) is 25.7. The molecule has 2 N–H and O–H groups in total. The molecule has 0 spiro atoms.